The van der Waals surface area contributed by atoms with Gasteiger partial charge in [-0.1, -0.05) is 30.3 Å². The van der Waals surface area contributed by atoms with E-state index >= 15 is 0 Å². The van der Waals surface area contributed by atoms with Gasteiger partial charge in [0, 0.05) is 12.5 Å². The van der Waals surface area contributed by atoms with Gasteiger partial charge in [0.05, 0.1) is 20.3 Å². The van der Waals surface area contributed by atoms with Gasteiger partial charge in [-0.05, 0) is 0 Å². The number of benzene rings is 1. The van der Waals surface area contributed by atoms with Crippen molar-refractivity contribution in [2.45, 2.75) is 80.4 Å². The van der Waals surface area contributed by atoms with Crippen molar-refractivity contribution in [3.63, 3.8) is 0 Å². The Morgan fingerprint density at radius 3 is 2.47 bits per heavy atom. The molecule has 1 aromatic rings. The molecular weight excluding hydrogens is 484 g/mol. The van der Waals surface area contributed by atoms with Crippen LogP contribution in [0.15, 0.2) is 30.3 Å². The summed E-state index contributed by atoms with van der Waals surface area (Å²) in [5, 5.41) is 42.4. The van der Waals surface area contributed by atoms with E-state index in [2.05, 4.69) is 4.74 Å². The number of hydrogen-bond donors (Lipinski definition) is 4. The number of carbonyl (C=O) groups is 1. The zero-order chi connectivity index (χ0) is 25.6. The van der Waals surface area contributed by atoms with Crippen LogP contribution in [0.3, 0.4) is 0 Å². The van der Waals surface area contributed by atoms with Crippen LogP contribution in [0, 0.1) is 0 Å². The molecule has 13 nitrogen and oxygen atoms in total. The molecule has 4 aliphatic heterocycles. The Labute approximate surface area is 206 Å². The summed E-state index contributed by atoms with van der Waals surface area (Å²) in [5.74, 6) is -2.67. The summed E-state index contributed by atoms with van der Waals surface area (Å²) in [6.45, 7) is 0.763. The maximum absolute atomic E-state index is 12.1. The normalized spacial score (nSPS) is 46.6. The fourth-order valence-electron chi connectivity index (χ4n) is 4.85. The van der Waals surface area contributed by atoms with Gasteiger partial charge in [0.1, 0.15) is 48.8 Å². The summed E-state index contributed by atoms with van der Waals surface area (Å²) in [7, 11) is 1.16. The molecule has 36 heavy (non-hydrogen) atoms. The first kappa shape index (κ1) is 25.9. The van der Waals surface area contributed by atoms with E-state index in [4.69, 9.17) is 33.2 Å². The minimum Gasteiger partial charge on any atom is -0.465 e. The number of rotatable bonds is 5. The standard InChI is InChI=1S/C23H30O13/c1-23(22(28)29-2)35-18-15(27)16(11(8-24)31-21(18)36-23)34-20-14(26)13(25)17-12(32-20)9-30-19(33-17)10-6-4-3-5-7-10/h3-7,11-21,24-27H,8-9H2,1-2H3/t11-,12?,13+,14?,15?,16+,17-,18?,19?,20-,21+,23?/m0/s1. The van der Waals surface area contributed by atoms with Crippen LogP contribution in [0.4, 0.5) is 0 Å². The molecule has 0 bridgehead atoms. The number of aliphatic hydroxyl groups excluding tert-OH is 4. The molecule has 4 heterocycles. The van der Waals surface area contributed by atoms with Crippen molar-refractivity contribution in [3.05, 3.63) is 35.9 Å². The second kappa shape index (κ2) is 10.2. The first-order valence-corrected chi connectivity index (χ1v) is 11.6. The fraction of sp³-hybridized carbons (Fsp3) is 0.696. The molecule has 0 spiro atoms. The lowest BCUT2D eigenvalue weighted by Crippen LogP contribution is -2.65. The minimum atomic E-state index is -1.84. The minimum absolute atomic E-state index is 0.0418. The Bertz CT molecular complexity index is 915. The van der Waals surface area contributed by atoms with Gasteiger partial charge in [-0.2, -0.15) is 0 Å². The summed E-state index contributed by atoms with van der Waals surface area (Å²) in [5.41, 5.74) is 0.747. The molecule has 200 valence electrons. The van der Waals surface area contributed by atoms with E-state index in [1.54, 1.807) is 0 Å². The lowest BCUT2D eigenvalue weighted by atomic mass is 9.96. The molecule has 1 aromatic carbocycles. The fourth-order valence-corrected chi connectivity index (χ4v) is 4.85. The third kappa shape index (κ3) is 4.54. The molecule has 13 heteroatoms. The molecule has 0 saturated carbocycles. The molecule has 0 aliphatic carbocycles. The Hall–Kier alpha value is -1.75. The molecule has 5 rings (SSSR count). The van der Waals surface area contributed by atoms with Crippen LogP contribution in [0.1, 0.15) is 18.8 Å². The van der Waals surface area contributed by atoms with Crippen LogP contribution >= 0.6 is 0 Å². The number of hydrogen-bond acceptors (Lipinski definition) is 13. The number of methoxy groups -OCH3 is 1. The maximum atomic E-state index is 12.1. The zero-order valence-corrected chi connectivity index (χ0v) is 19.6. The van der Waals surface area contributed by atoms with E-state index in [0.717, 1.165) is 12.7 Å². The van der Waals surface area contributed by atoms with Gasteiger partial charge in [-0.3, -0.25) is 0 Å². The summed E-state index contributed by atoms with van der Waals surface area (Å²) in [4.78, 5) is 12.1. The monoisotopic (exact) mass is 514 g/mol. The second-order valence-corrected chi connectivity index (χ2v) is 9.16. The lowest BCUT2D eigenvalue weighted by Gasteiger charge is -2.48. The van der Waals surface area contributed by atoms with Crippen molar-refractivity contribution in [1.82, 2.24) is 0 Å². The predicted octanol–water partition coefficient (Wildman–Crippen LogP) is -1.68. The largest absolute Gasteiger partial charge is 0.465 e. The third-order valence-electron chi connectivity index (χ3n) is 6.75. The molecule has 4 fully saturated rings. The summed E-state index contributed by atoms with van der Waals surface area (Å²) in [6, 6.07) is 9.13. The highest BCUT2D eigenvalue weighted by Crippen LogP contribution is 2.40. The molecule has 0 radical (unpaired) electrons. The van der Waals surface area contributed by atoms with Crippen molar-refractivity contribution in [2.24, 2.45) is 0 Å². The van der Waals surface area contributed by atoms with Crippen LogP contribution in [0.5, 0.6) is 0 Å². The van der Waals surface area contributed by atoms with Crippen molar-refractivity contribution in [1.29, 1.82) is 0 Å². The molecule has 0 aromatic heterocycles. The zero-order valence-electron chi connectivity index (χ0n) is 19.6. The molecule has 12 atom stereocenters. The van der Waals surface area contributed by atoms with Crippen LogP contribution in [-0.4, -0.2) is 114 Å². The number of aliphatic hydroxyl groups is 4. The summed E-state index contributed by atoms with van der Waals surface area (Å²) < 4.78 is 44.7. The van der Waals surface area contributed by atoms with Gasteiger partial charge < -0.3 is 58.3 Å². The Morgan fingerprint density at radius 2 is 1.78 bits per heavy atom. The molecule has 6 unspecified atom stereocenters. The van der Waals surface area contributed by atoms with E-state index in [1.807, 2.05) is 30.3 Å². The highest BCUT2D eigenvalue weighted by Gasteiger charge is 2.60. The second-order valence-electron chi connectivity index (χ2n) is 9.16. The van der Waals surface area contributed by atoms with Crippen LogP contribution in [-0.2, 0) is 42.7 Å². The molecule has 4 aliphatic rings. The molecular formula is C23H30O13. The van der Waals surface area contributed by atoms with Gasteiger partial charge >= 0.3 is 5.97 Å². The Kier molecular flexibility index (Phi) is 7.33. The number of esters is 1. The van der Waals surface area contributed by atoms with Gasteiger partial charge in [-0.25, -0.2) is 4.79 Å². The number of ether oxygens (including phenoxy) is 8. The maximum Gasteiger partial charge on any atom is 0.366 e. The smallest absolute Gasteiger partial charge is 0.366 e. The molecule has 0 amide bonds. The van der Waals surface area contributed by atoms with Gasteiger partial charge in [0.25, 0.3) is 5.79 Å². The SMILES string of the molecule is COC(=O)C1(C)OC2C(O)[C@H](O[C@@H]3OC4COC(c5ccccc5)O[C@@H]4[C@H](O)C3O)[C@H](CO)O[C@@H]2O1. The van der Waals surface area contributed by atoms with E-state index in [9.17, 15) is 25.2 Å². The lowest BCUT2D eigenvalue weighted by molar-refractivity contribution is -0.380. The van der Waals surface area contributed by atoms with E-state index in [1.165, 1.54) is 6.92 Å². The highest BCUT2D eigenvalue weighted by molar-refractivity contribution is 5.77. The van der Waals surface area contributed by atoms with Gasteiger partial charge in [0.15, 0.2) is 18.9 Å². The van der Waals surface area contributed by atoms with E-state index < -0.39 is 86.1 Å². The predicted molar refractivity (Wildman–Crippen MR) is 114 cm³/mol. The van der Waals surface area contributed by atoms with E-state index in [-0.39, 0.29) is 6.61 Å². The third-order valence-corrected chi connectivity index (χ3v) is 6.75. The van der Waals surface area contributed by atoms with Gasteiger partial charge in [-0.15, -0.1) is 0 Å². The average molecular weight is 514 g/mol. The average Bonchev–Trinajstić information content (AvgIpc) is 3.26. The topological polar surface area (TPSA) is 172 Å². The van der Waals surface area contributed by atoms with Crippen molar-refractivity contribution in [3.8, 4) is 0 Å². The summed E-state index contributed by atoms with van der Waals surface area (Å²) in [6.07, 6.45) is -13.1. The molecule has 4 N–H and O–H groups in total. The first-order valence-electron chi connectivity index (χ1n) is 11.6. The van der Waals surface area contributed by atoms with Crippen molar-refractivity contribution >= 4 is 5.97 Å². The molecule has 4 saturated heterocycles. The van der Waals surface area contributed by atoms with Crippen LogP contribution in [0.25, 0.3) is 0 Å². The Balaban J connectivity index is 1.27. The van der Waals surface area contributed by atoms with E-state index in [0.29, 0.717) is 0 Å². The quantitative estimate of drug-likeness (QED) is 0.329. The Morgan fingerprint density at radius 1 is 1.03 bits per heavy atom. The number of carbonyl (C=O) groups excluding carboxylic acids is 1. The first-order chi connectivity index (χ1) is 17.3. The van der Waals surface area contributed by atoms with Gasteiger partial charge in [0.2, 0.25) is 0 Å². The van der Waals surface area contributed by atoms with Crippen LogP contribution in [0.2, 0.25) is 0 Å². The number of fused-ring (bicyclic) bond motifs is 2. The van der Waals surface area contributed by atoms with Crippen molar-refractivity contribution in [2.75, 3.05) is 20.3 Å². The highest BCUT2D eigenvalue weighted by atomic mass is 16.9. The van der Waals surface area contributed by atoms with Crippen molar-refractivity contribution < 1.29 is 63.1 Å². The van der Waals surface area contributed by atoms with Crippen LogP contribution < -0.4 is 0 Å². The summed E-state index contributed by atoms with van der Waals surface area (Å²) >= 11 is 0.